The van der Waals surface area contributed by atoms with Crippen molar-refractivity contribution in [2.24, 2.45) is 0 Å². The largest absolute Gasteiger partial charge is 0.356 e. The molecule has 1 aliphatic rings. The van der Waals surface area contributed by atoms with Gasteiger partial charge in [-0.2, -0.15) is 5.10 Å². The van der Waals surface area contributed by atoms with Gasteiger partial charge in [0.05, 0.1) is 22.7 Å². The van der Waals surface area contributed by atoms with E-state index in [4.69, 9.17) is 5.10 Å². The maximum atomic E-state index is 12.8. The standard InChI is InChI=1S/C26H32N6O3/c1-2-29-15-17-30(18-16-29)14-6-13-27-25(33)19-22-20-31(23-7-4-3-5-8-23)28-26(22)21-9-11-24(12-10-21)32(34)35/h3-5,7-12,20H,2,6,13-19H2,1H3,(H,27,33). The number of nitrogens with one attached hydrogen (secondary N) is 1. The second-order valence-corrected chi connectivity index (χ2v) is 8.74. The molecular formula is C26H32N6O3. The van der Waals surface area contributed by atoms with Crippen LogP contribution in [-0.2, 0) is 11.2 Å². The minimum atomic E-state index is -0.426. The Labute approximate surface area is 205 Å². The van der Waals surface area contributed by atoms with Crippen molar-refractivity contribution in [2.75, 3.05) is 45.8 Å². The Hall–Kier alpha value is -3.56. The van der Waals surface area contributed by atoms with Gasteiger partial charge in [-0.1, -0.05) is 25.1 Å². The zero-order valence-corrected chi connectivity index (χ0v) is 20.1. The molecule has 35 heavy (non-hydrogen) atoms. The van der Waals surface area contributed by atoms with E-state index in [1.54, 1.807) is 16.8 Å². The maximum absolute atomic E-state index is 12.8. The topological polar surface area (TPSA) is 96.5 Å². The van der Waals surface area contributed by atoms with Crippen molar-refractivity contribution in [1.82, 2.24) is 24.9 Å². The molecule has 0 bridgehead atoms. The Morgan fingerprint density at radius 2 is 1.71 bits per heavy atom. The first kappa shape index (κ1) is 24.6. The highest BCUT2D eigenvalue weighted by Gasteiger charge is 2.17. The first-order valence-electron chi connectivity index (χ1n) is 12.1. The van der Waals surface area contributed by atoms with Gasteiger partial charge in [0.15, 0.2) is 0 Å². The highest BCUT2D eigenvalue weighted by Crippen LogP contribution is 2.26. The normalized spacial score (nSPS) is 14.7. The van der Waals surface area contributed by atoms with E-state index in [0.29, 0.717) is 12.2 Å². The quantitative estimate of drug-likeness (QED) is 0.274. The number of piperazine rings is 1. The number of aromatic nitrogens is 2. The number of carbonyl (C=O) groups is 1. The van der Waals surface area contributed by atoms with Crippen molar-refractivity contribution in [3.8, 4) is 16.9 Å². The Balaban J connectivity index is 1.39. The molecule has 0 saturated carbocycles. The van der Waals surface area contributed by atoms with Crippen LogP contribution in [0.2, 0.25) is 0 Å². The lowest BCUT2D eigenvalue weighted by Crippen LogP contribution is -2.46. The zero-order chi connectivity index (χ0) is 24.6. The third kappa shape index (κ3) is 6.52. The summed E-state index contributed by atoms with van der Waals surface area (Å²) in [5.41, 5.74) is 3.06. The fraction of sp³-hybridized carbons (Fsp3) is 0.385. The second kappa shape index (κ2) is 11.7. The summed E-state index contributed by atoms with van der Waals surface area (Å²) in [6, 6.07) is 15.9. The number of nitrogens with zero attached hydrogens (tertiary/aromatic N) is 5. The number of hydrogen-bond donors (Lipinski definition) is 1. The highest BCUT2D eigenvalue weighted by molar-refractivity contribution is 5.81. The van der Waals surface area contributed by atoms with Gasteiger partial charge < -0.3 is 15.1 Å². The van der Waals surface area contributed by atoms with Gasteiger partial charge in [0.1, 0.15) is 0 Å². The molecule has 184 valence electrons. The van der Waals surface area contributed by atoms with Gasteiger partial charge in [-0.3, -0.25) is 14.9 Å². The Kier molecular flexibility index (Phi) is 8.23. The van der Waals surface area contributed by atoms with Crippen LogP contribution >= 0.6 is 0 Å². The van der Waals surface area contributed by atoms with Gasteiger partial charge in [0, 0.05) is 62.2 Å². The number of nitro benzene ring substituents is 1. The van der Waals surface area contributed by atoms with E-state index in [1.807, 2.05) is 36.5 Å². The van der Waals surface area contributed by atoms with Crippen LogP contribution in [0.15, 0.2) is 60.8 Å². The lowest BCUT2D eigenvalue weighted by molar-refractivity contribution is -0.384. The van der Waals surface area contributed by atoms with Gasteiger partial charge in [0.2, 0.25) is 5.91 Å². The number of hydrogen-bond acceptors (Lipinski definition) is 6. The lowest BCUT2D eigenvalue weighted by atomic mass is 10.1. The van der Waals surface area contributed by atoms with Crippen molar-refractivity contribution in [3.05, 3.63) is 76.5 Å². The van der Waals surface area contributed by atoms with Gasteiger partial charge in [-0.15, -0.1) is 0 Å². The van der Waals surface area contributed by atoms with Gasteiger partial charge in [-0.05, 0) is 43.8 Å². The minimum Gasteiger partial charge on any atom is -0.356 e. The van der Waals surface area contributed by atoms with E-state index in [9.17, 15) is 14.9 Å². The van der Waals surface area contributed by atoms with Crippen molar-refractivity contribution in [3.63, 3.8) is 0 Å². The minimum absolute atomic E-state index is 0.0200. The summed E-state index contributed by atoms with van der Waals surface area (Å²) < 4.78 is 1.75. The van der Waals surface area contributed by atoms with Crippen molar-refractivity contribution in [1.29, 1.82) is 0 Å². The van der Waals surface area contributed by atoms with Crippen LogP contribution in [0.5, 0.6) is 0 Å². The van der Waals surface area contributed by atoms with Crippen LogP contribution in [0, 0.1) is 10.1 Å². The molecule has 1 N–H and O–H groups in total. The molecule has 0 atom stereocenters. The molecule has 1 aromatic heterocycles. The average molecular weight is 477 g/mol. The van der Waals surface area contributed by atoms with Crippen LogP contribution < -0.4 is 5.32 Å². The Bertz CT molecular complexity index is 1120. The summed E-state index contributed by atoms with van der Waals surface area (Å²) >= 11 is 0. The zero-order valence-electron chi connectivity index (χ0n) is 20.1. The van der Waals surface area contributed by atoms with Gasteiger partial charge >= 0.3 is 0 Å². The Morgan fingerprint density at radius 3 is 2.37 bits per heavy atom. The molecule has 1 amide bonds. The van der Waals surface area contributed by atoms with E-state index in [-0.39, 0.29) is 18.0 Å². The first-order chi connectivity index (χ1) is 17.0. The molecule has 1 saturated heterocycles. The Morgan fingerprint density at radius 1 is 1.03 bits per heavy atom. The monoisotopic (exact) mass is 476 g/mol. The number of likely N-dealkylation sites (N-methyl/N-ethyl adjacent to an activating group) is 1. The molecule has 4 rings (SSSR count). The number of amides is 1. The molecule has 0 radical (unpaired) electrons. The average Bonchev–Trinajstić information content (AvgIpc) is 3.31. The van der Waals surface area contributed by atoms with Crippen LogP contribution in [0.4, 0.5) is 5.69 Å². The molecule has 2 aromatic carbocycles. The van der Waals surface area contributed by atoms with E-state index < -0.39 is 4.92 Å². The van der Waals surface area contributed by atoms with E-state index >= 15 is 0 Å². The summed E-state index contributed by atoms with van der Waals surface area (Å²) in [6.45, 7) is 9.30. The van der Waals surface area contributed by atoms with E-state index in [0.717, 1.165) is 62.5 Å². The molecule has 2 heterocycles. The predicted molar refractivity (Wildman–Crippen MR) is 136 cm³/mol. The molecule has 9 nitrogen and oxygen atoms in total. The molecule has 1 fully saturated rings. The third-order valence-electron chi connectivity index (χ3n) is 6.40. The van der Waals surface area contributed by atoms with Crippen molar-refractivity contribution >= 4 is 11.6 Å². The van der Waals surface area contributed by atoms with Crippen LogP contribution in [0.3, 0.4) is 0 Å². The molecule has 1 aliphatic heterocycles. The second-order valence-electron chi connectivity index (χ2n) is 8.74. The SMILES string of the molecule is CCN1CCN(CCCNC(=O)Cc2cn(-c3ccccc3)nc2-c2ccc([N+](=O)[O-])cc2)CC1. The lowest BCUT2D eigenvalue weighted by Gasteiger charge is -2.33. The fourth-order valence-electron chi connectivity index (χ4n) is 4.33. The molecule has 3 aromatic rings. The molecule has 0 spiro atoms. The summed E-state index contributed by atoms with van der Waals surface area (Å²) in [6.07, 6.45) is 2.96. The summed E-state index contributed by atoms with van der Waals surface area (Å²) in [5.74, 6) is -0.0587. The highest BCUT2D eigenvalue weighted by atomic mass is 16.6. The predicted octanol–water partition coefficient (Wildman–Crippen LogP) is 3.13. The van der Waals surface area contributed by atoms with Crippen LogP contribution in [-0.4, -0.2) is 76.2 Å². The van der Waals surface area contributed by atoms with Gasteiger partial charge in [0.25, 0.3) is 5.69 Å². The third-order valence-corrected chi connectivity index (χ3v) is 6.40. The van der Waals surface area contributed by atoms with Gasteiger partial charge in [-0.25, -0.2) is 4.68 Å². The summed E-state index contributed by atoms with van der Waals surface area (Å²) in [5, 5.41) is 18.8. The molecule has 0 unspecified atom stereocenters. The summed E-state index contributed by atoms with van der Waals surface area (Å²) in [7, 11) is 0. The number of nitro groups is 1. The first-order valence-corrected chi connectivity index (χ1v) is 12.1. The number of rotatable bonds is 10. The summed E-state index contributed by atoms with van der Waals surface area (Å²) in [4.78, 5) is 28.3. The van der Waals surface area contributed by atoms with E-state index in [2.05, 4.69) is 22.0 Å². The molecular weight excluding hydrogens is 444 g/mol. The number of para-hydroxylation sites is 1. The van der Waals surface area contributed by atoms with Crippen LogP contribution in [0.1, 0.15) is 18.9 Å². The number of carbonyl (C=O) groups excluding carboxylic acids is 1. The fourth-order valence-corrected chi connectivity index (χ4v) is 4.33. The molecule has 0 aliphatic carbocycles. The molecule has 9 heteroatoms. The maximum Gasteiger partial charge on any atom is 0.269 e. The number of non-ortho nitro benzene ring substituents is 1. The number of benzene rings is 2. The smallest absolute Gasteiger partial charge is 0.269 e. The van der Waals surface area contributed by atoms with E-state index in [1.165, 1.54) is 12.1 Å². The van der Waals surface area contributed by atoms with Crippen molar-refractivity contribution in [2.45, 2.75) is 19.8 Å². The van der Waals surface area contributed by atoms with Crippen LogP contribution in [0.25, 0.3) is 16.9 Å². The van der Waals surface area contributed by atoms with Crippen molar-refractivity contribution < 1.29 is 9.72 Å².